The van der Waals surface area contributed by atoms with Crippen LogP contribution in [-0.2, 0) is 16.0 Å². The molecule has 2 unspecified atom stereocenters. The summed E-state index contributed by atoms with van der Waals surface area (Å²) in [6.45, 7) is 11.2. The van der Waals surface area contributed by atoms with Gasteiger partial charge < -0.3 is 15.5 Å². The fourth-order valence-electron chi connectivity index (χ4n) is 4.05. The van der Waals surface area contributed by atoms with Crippen molar-refractivity contribution in [3.8, 4) is 0 Å². The second-order valence-electron chi connectivity index (χ2n) is 8.45. The maximum Gasteiger partial charge on any atom is 0.238 e. The van der Waals surface area contributed by atoms with Gasteiger partial charge in [-0.25, -0.2) is 8.78 Å². The minimum Gasteiger partial charge on any atom is -0.369 e. The maximum atomic E-state index is 13.9. The Morgan fingerprint density at radius 3 is 2.68 bits per heavy atom. The number of allylic oxidation sites excluding steroid dienone is 3. The number of halogens is 2. The standard InChI is InChI=1S/C24H32F2N4O2.C2H6/c1-4-19(26)13-21(11-16(2)25)30-10-9-29(17(3)14-30)15-24(32)27-20-6-7-22-18(12-20)5-8-23(31)28-22;1-2/h6-7,11-13,16-17H,4-5,8-10,14-15H2,1-3H3,(H,27,32)(H,28,31);1-2H3/b19-13+,21-11+;. The molecule has 1 fully saturated rings. The van der Waals surface area contributed by atoms with Gasteiger partial charge in [0.05, 0.1) is 6.54 Å². The van der Waals surface area contributed by atoms with Crippen molar-refractivity contribution in [2.45, 2.75) is 66.1 Å². The number of anilines is 2. The van der Waals surface area contributed by atoms with Crippen molar-refractivity contribution >= 4 is 23.2 Å². The molecule has 2 aliphatic rings. The fraction of sp³-hybridized carbons (Fsp3) is 0.538. The number of benzene rings is 1. The summed E-state index contributed by atoms with van der Waals surface area (Å²) in [4.78, 5) is 28.2. The van der Waals surface area contributed by atoms with Gasteiger partial charge in [0.2, 0.25) is 11.8 Å². The van der Waals surface area contributed by atoms with Crippen molar-refractivity contribution in [3.05, 3.63) is 47.4 Å². The lowest BCUT2D eigenvalue weighted by Crippen LogP contribution is -2.53. The molecule has 3 rings (SSSR count). The summed E-state index contributed by atoms with van der Waals surface area (Å²) < 4.78 is 27.5. The van der Waals surface area contributed by atoms with Crippen LogP contribution in [0.2, 0.25) is 0 Å². The van der Waals surface area contributed by atoms with Crippen LogP contribution in [0.1, 0.15) is 53.0 Å². The first kappa shape index (κ1) is 27.5. The van der Waals surface area contributed by atoms with Crippen molar-refractivity contribution in [2.75, 3.05) is 36.8 Å². The van der Waals surface area contributed by atoms with Crippen molar-refractivity contribution in [3.63, 3.8) is 0 Å². The highest BCUT2D eigenvalue weighted by molar-refractivity contribution is 5.96. The number of carbonyl (C=O) groups excluding carboxylic acids is 2. The smallest absolute Gasteiger partial charge is 0.238 e. The minimum absolute atomic E-state index is 0.00862. The van der Waals surface area contributed by atoms with E-state index < -0.39 is 6.17 Å². The Morgan fingerprint density at radius 2 is 2.03 bits per heavy atom. The predicted octanol–water partition coefficient (Wildman–Crippen LogP) is 5.05. The van der Waals surface area contributed by atoms with Crippen molar-refractivity contribution in [2.24, 2.45) is 0 Å². The predicted molar refractivity (Wildman–Crippen MR) is 134 cm³/mol. The van der Waals surface area contributed by atoms with Gasteiger partial charge in [-0.05, 0) is 62.6 Å². The molecule has 34 heavy (non-hydrogen) atoms. The molecule has 2 amide bonds. The Morgan fingerprint density at radius 1 is 1.29 bits per heavy atom. The number of fused-ring (bicyclic) bond motifs is 1. The van der Waals surface area contributed by atoms with E-state index in [9.17, 15) is 18.4 Å². The van der Waals surface area contributed by atoms with Crippen molar-refractivity contribution in [1.82, 2.24) is 9.80 Å². The summed E-state index contributed by atoms with van der Waals surface area (Å²) in [7, 11) is 0. The van der Waals surface area contributed by atoms with E-state index in [1.807, 2.05) is 37.8 Å². The highest BCUT2D eigenvalue weighted by Gasteiger charge is 2.26. The quantitative estimate of drug-likeness (QED) is 0.541. The molecule has 0 spiro atoms. The van der Waals surface area contributed by atoms with Crippen molar-refractivity contribution in [1.29, 1.82) is 0 Å². The zero-order valence-corrected chi connectivity index (χ0v) is 21.0. The third kappa shape index (κ3) is 7.94. The molecule has 2 heterocycles. The number of amides is 2. The van der Waals surface area contributed by atoms with Gasteiger partial charge in [0.15, 0.2) is 0 Å². The van der Waals surface area contributed by atoms with Gasteiger partial charge in [0.1, 0.15) is 12.0 Å². The number of nitrogens with one attached hydrogen (secondary N) is 2. The number of hydrogen-bond acceptors (Lipinski definition) is 4. The first-order valence-corrected chi connectivity index (χ1v) is 12.2. The molecule has 0 saturated carbocycles. The van der Waals surface area contributed by atoms with Crippen LogP contribution in [0.4, 0.5) is 20.2 Å². The zero-order valence-electron chi connectivity index (χ0n) is 21.0. The third-order valence-electron chi connectivity index (χ3n) is 5.80. The molecular formula is C26H38F2N4O2. The first-order chi connectivity index (χ1) is 16.2. The van der Waals surface area contributed by atoms with Crippen LogP contribution in [0.3, 0.4) is 0 Å². The Bertz CT molecular complexity index is 914. The van der Waals surface area contributed by atoms with Crippen LogP contribution in [0.25, 0.3) is 0 Å². The summed E-state index contributed by atoms with van der Waals surface area (Å²) >= 11 is 0. The Hall–Kier alpha value is -2.74. The molecule has 8 heteroatoms. The molecule has 2 aliphatic heterocycles. The van der Waals surface area contributed by atoms with Gasteiger partial charge in [0.25, 0.3) is 0 Å². The molecule has 6 nitrogen and oxygen atoms in total. The Kier molecular flexibility index (Phi) is 10.7. The van der Waals surface area contributed by atoms with E-state index in [1.165, 1.54) is 19.1 Å². The molecule has 0 radical (unpaired) electrons. The molecule has 1 saturated heterocycles. The number of aryl methyl sites for hydroxylation is 1. The molecule has 2 N–H and O–H groups in total. The minimum atomic E-state index is -1.17. The van der Waals surface area contributed by atoms with Gasteiger partial charge >= 0.3 is 0 Å². The van der Waals surface area contributed by atoms with Crippen LogP contribution in [0.5, 0.6) is 0 Å². The molecule has 1 aromatic rings. The molecule has 188 valence electrons. The van der Waals surface area contributed by atoms with Gasteiger partial charge in [-0.15, -0.1) is 0 Å². The van der Waals surface area contributed by atoms with Crippen LogP contribution in [0.15, 0.2) is 41.9 Å². The maximum absolute atomic E-state index is 13.9. The summed E-state index contributed by atoms with van der Waals surface area (Å²) in [5.74, 6) is -0.388. The first-order valence-electron chi connectivity index (χ1n) is 12.2. The molecule has 0 aromatic heterocycles. The Labute approximate surface area is 202 Å². The summed E-state index contributed by atoms with van der Waals surface area (Å²) in [6.07, 6.45) is 3.04. The summed E-state index contributed by atoms with van der Waals surface area (Å²) in [6, 6.07) is 5.54. The lowest BCUT2D eigenvalue weighted by molar-refractivity contribution is -0.118. The Balaban J connectivity index is 0.00000199. The van der Waals surface area contributed by atoms with E-state index in [2.05, 4.69) is 15.5 Å². The van der Waals surface area contributed by atoms with E-state index in [0.29, 0.717) is 43.9 Å². The third-order valence-corrected chi connectivity index (χ3v) is 5.80. The number of carbonyl (C=O) groups is 2. The van der Waals surface area contributed by atoms with Crippen LogP contribution >= 0.6 is 0 Å². The van der Waals surface area contributed by atoms with Crippen LogP contribution in [-0.4, -0.2) is 60.0 Å². The van der Waals surface area contributed by atoms with E-state index >= 15 is 0 Å². The normalized spacial score (nSPS) is 20.0. The molecule has 1 aromatic carbocycles. The van der Waals surface area contributed by atoms with Gasteiger partial charge in [-0.1, -0.05) is 20.8 Å². The number of piperazine rings is 1. The van der Waals surface area contributed by atoms with E-state index in [4.69, 9.17) is 0 Å². The zero-order chi connectivity index (χ0) is 25.3. The number of hydrogen-bond donors (Lipinski definition) is 2. The fourth-order valence-corrected chi connectivity index (χ4v) is 4.05. The van der Waals surface area contributed by atoms with Crippen LogP contribution in [0, 0.1) is 0 Å². The van der Waals surface area contributed by atoms with E-state index in [-0.39, 0.29) is 36.6 Å². The molecule has 0 aliphatic carbocycles. The van der Waals surface area contributed by atoms with E-state index in [0.717, 1.165) is 11.3 Å². The highest BCUT2D eigenvalue weighted by Crippen LogP contribution is 2.26. The van der Waals surface area contributed by atoms with Gasteiger partial charge in [-0.2, -0.15) is 0 Å². The molecular weight excluding hydrogens is 438 g/mol. The number of nitrogens with zero attached hydrogens (tertiary/aromatic N) is 2. The number of rotatable bonds is 7. The monoisotopic (exact) mass is 476 g/mol. The SMILES string of the molecule is CC.CC/C(F)=C\C(=C/C(C)F)N1CCN(CC(=O)Nc2ccc3c(c2)CCC(=O)N3)C(C)C1. The second-order valence-corrected chi connectivity index (χ2v) is 8.45. The largest absolute Gasteiger partial charge is 0.369 e. The second kappa shape index (κ2) is 13.2. The van der Waals surface area contributed by atoms with Crippen LogP contribution < -0.4 is 10.6 Å². The molecule has 0 bridgehead atoms. The van der Waals surface area contributed by atoms with Gasteiger partial charge in [-0.3, -0.25) is 14.5 Å². The lowest BCUT2D eigenvalue weighted by atomic mass is 10.0. The molecule has 2 atom stereocenters. The topological polar surface area (TPSA) is 64.7 Å². The summed E-state index contributed by atoms with van der Waals surface area (Å²) in [5, 5.41) is 5.77. The van der Waals surface area contributed by atoms with E-state index in [1.54, 1.807) is 13.0 Å². The highest BCUT2D eigenvalue weighted by atomic mass is 19.1. The summed E-state index contributed by atoms with van der Waals surface area (Å²) in [5.41, 5.74) is 3.07. The van der Waals surface area contributed by atoms with Gasteiger partial charge in [0, 0.05) is 49.2 Å². The van der Waals surface area contributed by atoms with Crippen molar-refractivity contribution < 1.29 is 18.4 Å². The average Bonchev–Trinajstić information content (AvgIpc) is 2.81. The average molecular weight is 477 g/mol. The lowest BCUT2D eigenvalue weighted by Gasteiger charge is -2.41. The number of alkyl halides is 1.